The molecule has 0 aromatic carbocycles. The second-order valence-electron chi connectivity index (χ2n) is 2.14. The Kier molecular flexibility index (Phi) is 1.41. The van der Waals surface area contributed by atoms with Crippen LogP contribution in [0.5, 0.6) is 11.5 Å². The summed E-state index contributed by atoms with van der Waals surface area (Å²) in [4.78, 5) is 11.0. The summed E-state index contributed by atoms with van der Waals surface area (Å²) >= 11 is 0. The van der Waals surface area contributed by atoms with Crippen molar-refractivity contribution in [3.8, 4) is 11.5 Å². The van der Waals surface area contributed by atoms with Crippen molar-refractivity contribution in [2.24, 2.45) is 5.84 Å². The minimum absolute atomic E-state index is 0.0324. The number of hydrogen-bond acceptors (Lipinski definition) is 5. The molecule has 0 bridgehead atoms. The lowest BCUT2D eigenvalue weighted by Crippen LogP contribution is -2.29. The van der Waals surface area contributed by atoms with E-state index in [-0.39, 0.29) is 12.6 Å². The van der Waals surface area contributed by atoms with E-state index in [1.165, 1.54) is 6.26 Å². The van der Waals surface area contributed by atoms with Crippen LogP contribution in [-0.2, 0) is 0 Å². The summed E-state index contributed by atoms with van der Waals surface area (Å²) in [6.45, 7) is 0.103. The first-order valence-corrected chi connectivity index (χ1v) is 3.21. The van der Waals surface area contributed by atoms with E-state index in [1.807, 2.05) is 5.43 Å². The van der Waals surface area contributed by atoms with E-state index < -0.39 is 5.91 Å². The fourth-order valence-corrected chi connectivity index (χ4v) is 0.942. The number of hydrazine groups is 1. The predicted molar refractivity (Wildman–Crippen MR) is 36.5 cm³/mol. The Morgan fingerprint density at radius 3 is 3.17 bits per heavy atom. The summed E-state index contributed by atoms with van der Waals surface area (Å²) in [6.07, 6.45) is 1.30. The third-order valence-electron chi connectivity index (χ3n) is 1.47. The number of carbonyl (C=O) groups excluding carboxylic acids is 1. The SMILES string of the molecule is NNC(=O)c1occ2c1OCO2. The van der Waals surface area contributed by atoms with E-state index in [2.05, 4.69) is 0 Å². The first kappa shape index (κ1) is 6.99. The standard InChI is InChI=1S/C6H6N2O4/c7-8-6(9)5-4-3(1-10-5)11-2-12-4/h1H,2,7H2,(H,8,9). The van der Waals surface area contributed by atoms with Crippen molar-refractivity contribution in [3.63, 3.8) is 0 Å². The van der Waals surface area contributed by atoms with Gasteiger partial charge in [-0.2, -0.15) is 0 Å². The Balaban J connectivity index is 2.39. The van der Waals surface area contributed by atoms with E-state index in [0.717, 1.165) is 0 Å². The molecule has 1 aromatic heterocycles. The lowest BCUT2D eigenvalue weighted by atomic mass is 10.4. The largest absolute Gasteiger partial charge is 0.451 e. The molecule has 6 nitrogen and oxygen atoms in total. The summed E-state index contributed by atoms with van der Waals surface area (Å²) in [5.74, 6) is 5.12. The highest BCUT2D eigenvalue weighted by molar-refractivity contribution is 5.94. The van der Waals surface area contributed by atoms with Gasteiger partial charge in [-0.15, -0.1) is 0 Å². The maximum atomic E-state index is 11.0. The molecular formula is C6H6N2O4. The van der Waals surface area contributed by atoms with Gasteiger partial charge in [-0.3, -0.25) is 10.2 Å². The van der Waals surface area contributed by atoms with Crippen molar-refractivity contribution >= 4 is 5.91 Å². The lowest BCUT2D eigenvalue weighted by Gasteiger charge is -1.95. The van der Waals surface area contributed by atoms with Crippen LogP contribution in [0.15, 0.2) is 10.7 Å². The highest BCUT2D eigenvalue weighted by atomic mass is 16.7. The summed E-state index contributed by atoms with van der Waals surface area (Å²) < 4.78 is 14.7. The summed E-state index contributed by atoms with van der Waals surface area (Å²) in [7, 11) is 0. The minimum Gasteiger partial charge on any atom is -0.451 e. The van der Waals surface area contributed by atoms with Crippen LogP contribution in [0.25, 0.3) is 0 Å². The van der Waals surface area contributed by atoms with Crippen molar-refractivity contribution in [2.75, 3.05) is 6.79 Å². The monoisotopic (exact) mass is 170 g/mol. The molecule has 1 amide bonds. The number of ether oxygens (including phenoxy) is 2. The van der Waals surface area contributed by atoms with E-state index in [9.17, 15) is 4.79 Å². The molecule has 0 fully saturated rings. The van der Waals surface area contributed by atoms with Gasteiger partial charge in [0.25, 0.3) is 0 Å². The fraction of sp³-hybridized carbons (Fsp3) is 0.167. The Morgan fingerprint density at radius 1 is 1.58 bits per heavy atom. The highest BCUT2D eigenvalue weighted by Gasteiger charge is 2.26. The molecule has 0 unspecified atom stereocenters. The Bertz CT molecular complexity index is 319. The summed E-state index contributed by atoms with van der Waals surface area (Å²) in [5, 5.41) is 0. The van der Waals surface area contributed by atoms with Crippen molar-refractivity contribution in [1.29, 1.82) is 0 Å². The lowest BCUT2D eigenvalue weighted by molar-refractivity contribution is 0.0913. The number of furan rings is 1. The minimum atomic E-state index is -0.540. The molecule has 1 aliphatic rings. The van der Waals surface area contributed by atoms with Crippen LogP contribution in [0.3, 0.4) is 0 Å². The molecule has 0 spiro atoms. The number of carbonyl (C=O) groups is 1. The Hall–Kier alpha value is -1.69. The van der Waals surface area contributed by atoms with Crippen LogP contribution in [0.4, 0.5) is 0 Å². The fourth-order valence-electron chi connectivity index (χ4n) is 0.942. The molecule has 1 aliphatic heterocycles. The van der Waals surface area contributed by atoms with Crippen LogP contribution in [0, 0.1) is 0 Å². The average Bonchev–Trinajstić information content (AvgIpc) is 2.62. The zero-order valence-electron chi connectivity index (χ0n) is 5.99. The number of rotatable bonds is 1. The molecule has 64 valence electrons. The number of nitrogen functional groups attached to an aromatic ring is 1. The summed E-state index contributed by atoms with van der Waals surface area (Å²) in [5.41, 5.74) is 1.93. The van der Waals surface area contributed by atoms with Crippen LogP contribution in [0.1, 0.15) is 10.6 Å². The average molecular weight is 170 g/mol. The number of hydrogen-bond donors (Lipinski definition) is 2. The third-order valence-corrected chi connectivity index (χ3v) is 1.47. The molecule has 2 rings (SSSR count). The van der Waals surface area contributed by atoms with Gasteiger partial charge in [0.15, 0.2) is 0 Å². The van der Waals surface area contributed by atoms with E-state index in [0.29, 0.717) is 11.5 Å². The van der Waals surface area contributed by atoms with Crippen molar-refractivity contribution in [1.82, 2.24) is 5.43 Å². The topological polar surface area (TPSA) is 86.7 Å². The molecule has 2 heterocycles. The van der Waals surface area contributed by atoms with Crippen molar-refractivity contribution in [3.05, 3.63) is 12.0 Å². The first-order chi connectivity index (χ1) is 5.83. The molecule has 0 saturated heterocycles. The van der Waals surface area contributed by atoms with Gasteiger partial charge in [0.2, 0.25) is 24.1 Å². The quantitative estimate of drug-likeness (QED) is 0.340. The first-order valence-electron chi connectivity index (χ1n) is 3.21. The molecular weight excluding hydrogens is 164 g/mol. The van der Waals surface area contributed by atoms with Gasteiger partial charge in [-0.25, -0.2) is 5.84 Å². The van der Waals surface area contributed by atoms with Gasteiger partial charge >= 0.3 is 5.91 Å². The van der Waals surface area contributed by atoms with Crippen LogP contribution < -0.4 is 20.7 Å². The van der Waals surface area contributed by atoms with Crippen LogP contribution in [0.2, 0.25) is 0 Å². The van der Waals surface area contributed by atoms with Gasteiger partial charge < -0.3 is 13.9 Å². The van der Waals surface area contributed by atoms with E-state index in [4.69, 9.17) is 19.7 Å². The van der Waals surface area contributed by atoms with E-state index >= 15 is 0 Å². The highest BCUT2D eigenvalue weighted by Crippen LogP contribution is 2.37. The van der Waals surface area contributed by atoms with Gasteiger partial charge in [0.05, 0.1) is 0 Å². The zero-order valence-corrected chi connectivity index (χ0v) is 5.99. The molecule has 3 N–H and O–H groups in total. The van der Waals surface area contributed by atoms with Gasteiger partial charge in [-0.05, 0) is 0 Å². The third kappa shape index (κ3) is 0.817. The second kappa shape index (κ2) is 2.42. The maximum absolute atomic E-state index is 11.0. The normalized spacial score (nSPS) is 13.1. The van der Waals surface area contributed by atoms with Crippen LogP contribution >= 0.6 is 0 Å². The van der Waals surface area contributed by atoms with Gasteiger partial charge in [0.1, 0.15) is 6.26 Å². The molecule has 0 aliphatic carbocycles. The number of amides is 1. The number of nitrogens with two attached hydrogens (primary N) is 1. The zero-order chi connectivity index (χ0) is 8.55. The number of nitrogens with one attached hydrogen (secondary N) is 1. The van der Waals surface area contributed by atoms with E-state index in [1.54, 1.807) is 0 Å². The van der Waals surface area contributed by atoms with Gasteiger partial charge in [0, 0.05) is 0 Å². The maximum Gasteiger partial charge on any atom is 0.304 e. The predicted octanol–water partition coefficient (Wildman–Crippen LogP) is -0.388. The van der Waals surface area contributed by atoms with Gasteiger partial charge in [-0.1, -0.05) is 0 Å². The number of fused-ring (bicyclic) bond motifs is 1. The molecule has 0 atom stereocenters. The second-order valence-corrected chi connectivity index (χ2v) is 2.14. The Morgan fingerprint density at radius 2 is 2.42 bits per heavy atom. The molecule has 0 radical (unpaired) electrons. The Labute approximate surface area is 67.2 Å². The molecule has 1 aromatic rings. The smallest absolute Gasteiger partial charge is 0.304 e. The summed E-state index contributed by atoms with van der Waals surface area (Å²) in [6, 6.07) is 0. The molecule has 12 heavy (non-hydrogen) atoms. The van der Waals surface area contributed by atoms with Crippen LogP contribution in [-0.4, -0.2) is 12.7 Å². The van der Waals surface area contributed by atoms with Crippen molar-refractivity contribution < 1.29 is 18.7 Å². The van der Waals surface area contributed by atoms with Crippen molar-refractivity contribution in [2.45, 2.75) is 0 Å². The molecule has 0 saturated carbocycles. The molecule has 6 heteroatoms.